The lowest BCUT2D eigenvalue weighted by atomic mass is 10.2. The van der Waals surface area contributed by atoms with Gasteiger partial charge in [-0.25, -0.2) is 0 Å². The minimum atomic E-state index is -2.62. The van der Waals surface area contributed by atoms with Gasteiger partial charge in [0, 0.05) is 0 Å². The second-order valence-corrected chi connectivity index (χ2v) is 10.1. The molecule has 0 bridgehead atoms. The molecule has 0 aliphatic rings. The van der Waals surface area contributed by atoms with E-state index in [-0.39, 0.29) is 5.04 Å². The first-order valence-electron chi connectivity index (χ1n) is 6.75. The van der Waals surface area contributed by atoms with Crippen molar-refractivity contribution in [3.63, 3.8) is 0 Å². The van der Waals surface area contributed by atoms with Gasteiger partial charge in [-0.15, -0.1) is 0 Å². The quantitative estimate of drug-likeness (QED) is 0.637. The van der Waals surface area contributed by atoms with Crippen LogP contribution in [0.5, 0.6) is 0 Å². The second kappa shape index (κ2) is 5.63. The highest BCUT2D eigenvalue weighted by Gasteiger charge is 2.51. The van der Waals surface area contributed by atoms with Crippen LogP contribution in [0.4, 0.5) is 0 Å². The van der Waals surface area contributed by atoms with E-state index in [4.69, 9.17) is 4.43 Å². The lowest BCUT2D eigenvalue weighted by Gasteiger charge is -2.40. The molecule has 0 heterocycles. The third-order valence-corrected chi connectivity index (χ3v) is 8.50. The Labute approximate surface area is 121 Å². The van der Waals surface area contributed by atoms with E-state index in [1.54, 1.807) is 0 Å². The number of hydrogen-bond donors (Lipinski definition) is 0. The first-order chi connectivity index (χ1) is 9.52. The van der Waals surface area contributed by atoms with Gasteiger partial charge in [0.05, 0.1) is 0 Å². The van der Waals surface area contributed by atoms with Crippen molar-refractivity contribution < 1.29 is 9.22 Å². The first-order valence-corrected chi connectivity index (χ1v) is 8.66. The summed E-state index contributed by atoms with van der Waals surface area (Å²) in [6, 6.07) is 20.2. The summed E-state index contributed by atoms with van der Waals surface area (Å²) in [7, 11) is -2.62. The maximum atomic E-state index is 11.2. The molecule has 0 N–H and O–H groups in total. The highest BCUT2D eigenvalue weighted by molar-refractivity contribution is 7.00. The average Bonchev–Trinajstić information content (AvgIpc) is 2.45. The zero-order valence-electron chi connectivity index (χ0n) is 12.2. The molecule has 3 heteroatoms. The van der Waals surface area contributed by atoms with Crippen molar-refractivity contribution in [2.45, 2.75) is 25.8 Å². The van der Waals surface area contributed by atoms with Gasteiger partial charge in [0.25, 0.3) is 6.47 Å². The van der Waals surface area contributed by atoms with Gasteiger partial charge in [-0.1, -0.05) is 81.4 Å². The van der Waals surface area contributed by atoms with E-state index in [1.165, 1.54) is 0 Å². The lowest BCUT2D eigenvalue weighted by molar-refractivity contribution is -0.121. The normalized spacial score (nSPS) is 11.9. The number of rotatable bonds is 4. The van der Waals surface area contributed by atoms with Crippen LogP contribution in [-0.4, -0.2) is 14.8 Å². The molecule has 2 aromatic rings. The summed E-state index contributed by atoms with van der Waals surface area (Å²) in [5, 5.41) is 2.09. The molecular formula is C17H20O2Si. The minimum Gasteiger partial charge on any atom is -0.512 e. The predicted octanol–water partition coefficient (Wildman–Crippen LogP) is 2.72. The van der Waals surface area contributed by atoms with Gasteiger partial charge >= 0.3 is 8.32 Å². The molecule has 20 heavy (non-hydrogen) atoms. The van der Waals surface area contributed by atoms with Gasteiger partial charge in [0.2, 0.25) is 0 Å². The van der Waals surface area contributed by atoms with Crippen LogP contribution in [0.3, 0.4) is 0 Å². The maximum Gasteiger partial charge on any atom is 0.323 e. The maximum absolute atomic E-state index is 11.2. The molecule has 0 aliphatic heterocycles. The molecular weight excluding hydrogens is 264 g/mol. The third kappa shape index (κ3) is 2.41. The summed E-state index contributed by atoms with van der Waals surface area (Å²) in [6.07, 6.45) is 0. The van der Waals surface area contributed by atoms with Crippen molar-refractivity contribution in [1.29, 1.82) is 0 Å². The van der Waals surface area contributed by atoms with E-state index in [1.807, 2.05) is 36.4 Å². The summed E-state index contributed by atoms with van der Waals surface area (Å²) in [5.41, 5.74) is 0. The average molecular weight is 284 g/mol. The number of hydrogen-bond acceptors (Lipinski definition) is 2. The zero-order chi connectivity index (χ0) is 14.6. The van der Waals surface area contributed by atoms with Crippen molar-refractivity contribution >= 4 is 25.2 Å². The van der Waals surface area contributed by atoms with Crippen molar-refractivity contribution in [3.05, 3.63) is 60.7 Å². The Hall–Kier alpha value is -1.87. The van der Waals surface area contributed by atoms with E-state index >= 15 is 0 Å². The van der Waals surface area contributed by atoms with E-state index < -0.39 is 8.32 Å². The largest absolute Gasteiger partial charge is 0.512 e. The van der Waals surface area contributed by atoms with E-state index in [0.29, 0.717) is 6.47 Å². The van der Waals surface area contributed by atoms with Crippen LogP contribution >= 0.6 is 0 Å². The fourth-order valence-corrected chi connectivity index (χ4v) is 6.92. The topological polar surface area (TPSA) is 26.3 Å². The summed E-state index contributed by atoms with van der Waals surface area (Å²) >= 11 is 0. The highest BCUT2D eigenvalue weighted by Crippen LogP contribution is 2.36. The van der Waals surface area contributed by atoms with Crippen LogP contribution < -0.4 is 10.4 Å². The van der Waals surface area contributed by atoms with Gasteiger partial charge < -0.3 is 4.43 Å². The molecule has 0 amide bonds. The van der Waals surface area contributed by atoms with Crippen LogP contribution in [0.25, 0.3) is 0 Å². The number of benzene rings is 2. The molecule has 0 saturated carbocycles. The number of carbonyl (C=O) groups is 1. The summed E-state index contributed by atoms with van der Waals surface area (Å²) in [6.45, 7) is 7.03. The smallest absolute Gasteiger partial charge is 0.323 e. The molecule has 2 aromatic carbocycles. The zero-order valence-corrected chi connectivity index (χ0v) is 13.2. The SMILES string of the molecule is CC(C)(C)[Si](OC=O)(c1ccccc1)c1ccccc1. The van der Waals surface area contributed by atoms with Crippen molar-refractivity contribution in [1.82, 2.24) is 0 Å². The third-order valence-electron chi connectivity index (χ3n) is 3.64. The predicted molar refractivity (Wildman–Crippen MR) is 84.8 cm³/mol. The molecule has 0 saturated heterocycles. The first kappa shape index (κ1) is 14.5. The molecule has 0 spiro atoms. The Kier molecular flexibility index (Phi) is 4.09. The van der Waals surface area contributed by atoms with Crippen LogP contribution in [0.2, 0.25) is 5.04 Å². The van der Waals surface area contributed by atoms with Gasteiger partial charge in [0.1, 0.15) is 0 Å². The Morgan fingerprint density at radius 3 is 1.55 bits per heavy atom. The van der Waals surface area contributed by atoms with E-state index in [0.717, 1.165) is 10.4 Å². The monoisotopic (exact) mass is 284 g/mol. The van der Waals surface area contributed by atoms with Crippen molar-refractivity contribution in [3.8, 4) is 0 Å². The van der Waals surface area contributed by atoms with Crippen LogP contribution in [0, 0.1) is 0 Å². The molecule has 0 aromatic heterocycles. The van der Waals surface area contributed by atoms with Crippen LogP contribution in [0.15, 0.2) is 60.7 Å². The van der Waals surface area contributed by atoms with Crippen molar-refractivity contribution in [2.75, 3.05) is 0 Å². The fourth-order valence-electron chi connectivity index (χ4n) is 2.76. The molecule has 0 atom stereocenters. The molecule has 2 nitrogen and oxygen atoms in total. The van der Waals surface area contributed by atoms with E-state index in [9.17, 15) is 4.79 Å². The summed E-state index contributed by atoms with van der Waals surface area (Å²) in [5.74, 6) is 0. The summed E-state index contributed by atoms with van der Waals surface area (Å²) < 4.78 is 5.82. The Morgan fingerprint density at radius 1 is 0.850 bits per heavy atom. The minimum absolute atomic E-state index is 0.142. The molecule has 0 radical (unpaired) electrons. The molecule has 0 fully saturated rings. The molecule has 0 unspecified atom stereocenters. The van der Waals surface area contributed by atoms with Crippen molar-refractivity contribution in [2.24, 2.45) is 0 Å². The lowest BCUT2D eigenvalue weighted by Crippen LogP contribution is -2.66. The van der Waals surface area contributed by atoms with Gasteiger partial charge in [-0.3, -0.25) is 4.79 Å². The molecule has 2 rings (SSSR count). The standard InChI is InChI=1S/C17H20O2Si/c1-17(2,3)20(19-14-18,15-10-6-4-7-11-15)16-12-8-5-9-13-16/h4-14H,1-3H3. The fraction of sp³-hybridized carbons (Fsp3) is 0.235. The second-order valence-electron chi connectivity index (χ2n) is 5.88. The van der Waals surface area contributed by atoms with Crippen LogP contribution in [-0.2, 0) is 9.22 Å². The number of carbonyl (C=O) groups excluding carboxylic acids is 1. The Bertz CT molecular complexity index is 519. The molecule has 0 aliphatic carbocycles. The van der Waals surface area contributed by atoms with Gasteiger partial charge in [-0.2, -0.15) is 0 Å². The Morgan fingerprint density at radius 2 is 1.25 bits per heavy atom. The Balaban J connectivity index is 2.73. The summed E-state index contributed by atoms with van der Waals surface area (Å²) in [4.78, 5) is 11.2. The van der Waals surface area contributed by atoms with E-state index in [2.05, 4.69) is 45.0 Å². The highest BCUT2D eigenvalue weighted by atomic mass is 28.4. The van der Waals surface area contributed by atoms with Crippen LogP contribution in [0.1, 0.15) is 20.8 Å². The van der Waals surface area contributed by atoms with Gasteiger partial charge in [-0.05, 0) is 15.4 Å². The molecule has 104 valence electrons. The van der Waals surface area contributed by atoms with Gasteiger partial charge in [0.15, 0.2) is 0 Å².